The molecule has 0 spiro atoms. The van der Waals surface area contributed by atoms with Crippen LogP contribution in [0.25, 0.3) is 11.1 Å². The molecule has 0 saturated carbocycles. The lowest BCUT2D eigenvalue weighted by Crippen LogP contribution is -2.56. The summed E-state index contributed by atoms with van der Waals surface area (Å²) in [5, 5.41) is 0. The Hall–Kier alpha value is -3.40. The number of Topliss-reactive ketones (excluding diaryl/α,β-unsaturated/α-hetero) is 1. The Balaban J connectivity index is 1.11. The van der Waals surface area contributed by atoms with Crippen molar-refractivity contribution in [2.75, 3.05) is 6.61 Å². The van der Waals surface area contributed by atoms with E-state index in [0.29, 0.717) is 24.7 Å². The van der Waals surface area contributed by atoms with Gasteiger partial charge in [-0.1, -0.05) is 86.6 Å². The molecule has 0 aromatic heterocycles. The van der Waals surface area contributed by atoms with Crippen molar-refractivity contribution >= 4 is 11.9 Å². The second-order valence-electron chi connectivity index (χ2n) is 11.7. The standard InChI is InChI=1S/C34H37NO3/c1-22(2)24-16-14-23(15-17-24)18-33(36)25-19-26-8-7-9-27(20-25)35(26)34(37)38-21-32-30-12-5-3-10-28(30)29-11-4-6-13-31(29)32/h3-6,10-17,22,25-27,32H,7-9,18-21H2,1-2H3. The molecule has 38 heavy (non-hydrogen) atoms. The number of amides is 1. The van der Waals surface area contributed by atoms with Crippen LogP contribution in [0, 0.1) is 5.92 Å². The van der Waals surface area contributed by atoms with Crippen molar-refractivity contribution in [3.8, 4) is 11.1 Å². The molecular weight excluding hydrogens is 470 g/mol. The zero-order valence-corrected chi connectivity index (χ0v) is 22.4. The van der Waals surface area contributed by atoms with Crippen LogP contribution in [0.2, 0.25) is 0 Å². The number of benzene rings is 3. The van der Waals surface area contributed by atoms with Gasteiger partial charge >= 0.3 is 6.09 Å². The Morgan fingerprint density at radius 1 is 0.842 bits per heavy atom. The molecule has 3 aliphatic rings. The van der Waals surface area contributed by atoms with Crippen LogP contribution in [0.3, 0.4) is 0 Å². The largest absolute Gasteiger partial charge is 0.448 e. The van der Waals surface area contributed by atoms with Crippen LogP contribution >= 0.6 is 0 Å². The number of ether oxygens (including phenoxy) is 1. The summed E-state index contributed by atoms with van der Waals surface area (Å²) < 4.78 is 6.04. The summed E-state index contributed by atoms with van der Waals surface area (Å²) >= 11 is 0. The van der Waals surface area contributed by atoms with E-state index in [4.69, 9.17) is 4.74 Å². The van der Waals surface area contributed by atoms with Gasteiger partial charge in [0.1, 0.15) is 12.4 Å². The van der Waals surface area contributed by atoms with E-state index >= 15 is 0 Å². The van der Waals surface area contributed by atoms with E-state index in [-0.39, 0.29) is 30.0 Å². The number of hydrogen-bond donors (Lipinski definition) is 0. The van der Waals surface area contributed by atoms with E-state index < -0.39 is 0 Å². The summed E-state index contributed by atoms with van der Waals surface area (Å²) in [5.74, 6) is 0.882. The van der Waals surface area contributed by atoms with Gasteiger partial charge in [0.15, 0.2) is 0 Å². The summed E-state index contributed by atoms with van der Waals surface area (Å²) in [5.41, 5.74) is 7.31. The average Bonchev–Trinajstić information content (AvgIpc) is 3.25. The van der Waals surface area contributed by atoms with Crippen molar-refractivity contribution in [2.24, 2.45) is 5.92 Å². The van der Waals surface area contributed by atoms with Crippen LogP contribution in [-0.4, -0.2) is 35.5 Å². The van der Waals surface area contributed by atoms with E-state index in [1.165, 1.54) is 27.8 Å². The minimum atomic E-state index is -0.211. The topological polar surface area (TPSA) is 46.6 Å². The van der Waals surface area contributed by atoms with Crippen molar-refractivity contribution in [1.82, 2.24) is 4.90 Å². The van der Waals surface area contributed by atoms with Crippen LogP contribution in [-0.2, 0) is 16.0 Å². The third-order valence-corrected chi connectivity index (χ3v) is 9.00. The van der Waals surface area contributed by atoms with Gasteiger partial charge in [-0.25, -0.2) is 4.79 Å². The molecule has 4 nitrogen and oxygen atoms in total. The lowest BCUT2D eigenvalue weighted by Gasteiger charge is -2.47. The third kappa shape index (κ3) is 4.66. The molecule has 196 valence electrons. The molecule has 2 fully saturated rings. The Labute approximate surface area is 226 Å². The smallest absolute Gasteiger partial charge is 0.410 e. The van der Waals surface area contributed by atoms with Crippen molar-refractivity contribution in [1.29, 1.82) is 0 Å². The Morgan fingerprint density at radius 3 is 2.00 bits per heavy atom. The number of carbonyl (C=O) groups excluding carboxylic acids is 2. The van der Waals surface area contributed by atoms with Crippen LogP contribution in [0.4, 0.5) is 4.79 Å². The lowest BCUT2D eigenvalue weighted by molar-refractivity contribution is -0.126. The summed E-state index contributed by atoms with van der Waals surface area (Å²) in [6, 6.07) is 25.5. The average molecular weight is 508 g/mol. The molecule has 2 heterocycles. The predicted octanol–water partition coefficient (Wildman–Crippen LogP) is 7.50. The molecular formula is C34H37NO3. The Kier molecular flexibility index (Phi) is 6.82. The molecule has 4 heteroatoms. The fourth-order valence-electron chi connectivity index (χ4n) is 6.98. The number of fused-ring (bicyclic) bond motifs is 5. The highest BCUT2D eigenvalue weighted by molar-refractivity contribution is 5.84. The fraction of sp³-hybridized carbons (Fsp3) is 0.412. The molecule has 6 rings (SSSR count). The molecule has 0 N–H and O–H groups in total. The first-order valence-corrected chi connectivity index (χ1v) is 14.2. The predicted molar refractivity (Wildman–Crippen MR) is 150 cm³/mol. The Bertz CT molecular complexity index is 1270. The van der Waals surface area contributed by atoms with Gasteiger partial charge in [-0.3, -0.25) is 4.79 Å². The monoisotopic (exact) mass is 507 g/mol. The maximum Gasteiger partial charge on any atom is 0.410 e. The molecule has 3 aromatic rings. The molecule has 1 amide bonds. The van der Waals surface area contributed by atoms with E-state index in [1.807, 2.05) is 4.90 Å². The Morgan fingerprint density at radius 2 is 1.42 bits per heavy atom. The quantitative estimate of drug-likeness (QED) is 0.347. The van der Waals surface area contributed by atoms with Crippen molar-refractivity contribution in [3.05, 3.63) is 95.1 Å². The first-order chi connectivity index (χ1) is 18.5. The summed E-state index contributed by atoms with van der Waals surface area (Å²) in [7, 11) is 0. The lowest BCUT2D eigenvalue weighted by atomic mass is 9.76. The first kappa shape index (κ1) is 24.9. The summed E-state index contributed by atoms with van der Waals surface area (Å²) in [4.78, 5) is 28.7. The highest BCUT2D eigenvalue weighted by Gasteiger charge is 2.43. The number of nitrogens with zero attached hydrogens (tertiary/aromatic N) is 1. The SMILES string of the molecule is CC(C)c1ccc(CC(=O)C2CC3CCCC(C2)N3C(=O)OCC2c3ccccc3-c3ccccc32)cc1. The van der Waals surface area contributed by atoms with Crippen LogP contribution < -0.4 is 0 Å². The maximum atomic E-state index is 13.5. The second kappa shape index (κ2) is 10.4. The van der Waals surface area contributed by atoms with E-state index in [1.54, 1.807) is 0 Å². The van der Waals surface area contributed by atoms with E-state index in [9.17, 15) is 9.59 Å². The van der Waals surface area contributed by atoms with Crippen molar-refractivity contribution in [2.45, 2.75) is 76.3 Å². The van der Waals surface area contributed by atoms with Crippen LogP contribution in [0.1, 0.15) is 80.0 Å². The highest BCUT2D eigenvalue weighted by Crippen LogP contribution is 2.45. The molecule has 1 aliphatic carbocycles. The number of ketones is 1. The minimum absolute atomic E-state index is 0.0210. The number of rotatable bonds is 6. The normalized spacial score (nSPS) is 22.2. The minimum Gasteiger partial charge on any atom is -0.448 e. The summed E-state index contributed by atoms with van der Waals surface area (Å²) in [6.07, 6.45) is 4.79. The van der Waals surface area contributed by atoms with Crippen molar-refractivity contribution < 1.29 is 14.3 Å². The van der Waals surface area contributed by atoms with Crippen molar-refractivity contribution in [3.63, 3.8) is 0 Å². The van der Waals surface area contributed by atoms with E-state index in [2.05, 4.69) is 86.6 Å². The number of piperidine rings is 2. The summed E-state index contributed by atoms with van der Waals surface area (Å²) in [6.45, 7) is 4.71. The fourth-order valence-corrected chi connectivity index (χ4v) is 6.98. The van der Waals surface area contributed by atoms with Gasteiger partial charge < -0.3 is 9.64 Å². The number of hydrogen-bond acceptors (Lipinski definition) is 3. The van der Waals surface area contributed by atoms with Crippen LogP contribution in [0.15, 0.2) is 72.8 Å². The van der Waals surface area contributed by atoms with Gasteiger partial charge in [-0.05, 0) is 71.4 Å². The molecule has 3 aromatic carbocycles. The van der Waals surface area contributed by atoms with Gasteiger partial charge in [0.25, 0.3) is 0 Å². The maximum absolute atomic E-state index is 13.5. The zero-order chi connectivity index (χ0) is 26.2. The van der Waals surface area contributed by atoms with Gasteiger partial charge in [0.2, 0.25) is 0 Å². The molecule has 0 radical (unpaired) electrons. The molecule has 2 aliphatic heterocycles. The highest BCUT2D eigenvalue weighted by atomic mass is 16.6. The number of carbonyl (C=O) groups is 2. The zero-order valence-electron chi connectivity index (χ0n) is 22.4. The van der Waals surface area contributed by atoms with E-state index in [0.717, 1.165) is 37.7 Å². The van der Waals surface area contributed by atoms with Crippen LogP contribution in [0.5, 0.6) is 0 Å². The first-order valence-electron chi connectivity index (χ1n) is 14.2. The molecule has 2 saturated heterocycles. The molecule has 2 bridgehead atoms. The van der Waals surface area contributed by atoms with Gasteiger partial charge in [0.05, 0.1) is 0 Å². The molecule has 2 unspecified atom stereocenters. The third-order valence-electron chi connectivity index (χ3n) is 9.00. The van der Waals surface area contributed by atoms with Gasteiger partial charge in [-0.15, -0.1) is 0 Å². The second-order valence-corrected chi connectivity index (χ2v) is 11.7. The van der Waals surface area contributed by atoms with Gasteiger partial charge in [-0.2, -0.15) is 0 Å². The molecule has 2 atom stereocenters. The van der Waals surface area contributed by atoms with Gasteiger partial charge in [0, 0.05) is 30.3 Å².